The Labute approximate surface area is 151 Å². The zero-order valence-electron chi connectivity index (χ0n) is 14.7. The fourth-order valence-corrected chi connectivity index (χ4v) is 3.89. The molecule has 1 atom stereocenters. The van der Waals surface area contributed by atoms with Crippen LogP contribution in [0.5, 0.6) is 11.5 Å². The molecule has 6 nitrogen and oxygen atoms in total. The Hall–Kier alpha value is -2.25. The molecule has 0 saturated heterocycles. The van der Waals surface area contributed by atoms with E-state index in [1.165, 1.54) is 10.4 Å². The van der Waals surface area contributed by atoms with E-state index in [4.69, 9.17) is 19.9 Å². The van der Waals surface area contributed by atoms with Gasteiger partial charge in [-0.3, -0.25) is 0 Å². The lowest BCUT2D eigenvalue weighted by Gasteiger charge is -2.33. The van der Waals surface area contributed by atoms with E-state index in [1.807, 2.05) is 18.2 Å². The van der Waals surface area contributed by atoms with Gasteiger partial charge in [-0.2, -0.15) is 0 Å². The summed E-state index contributed by atoms with van der Waals surface area (Å²) in [7, 11) is 3.22. The summed E-state index contributed by atoms with van der Waals surface area (Å²) in [5.41, 5.74) is 7.55. The van der Waals surface area contributed by atoms with Gasteiger partial charge >= 0.3 is 0 Å². The number of methoxy groups -OCH3 is 2. The second kappa shape index (κ2) is 7.33. The Balaban J connectivity index is 1.75. The Morgan fingerprint density at radius 1 is 1.36 bits per heavy atom. The first-order valence-corrected chi connectivity index (χ1v) is 8.93. The molecular weight excluding hydrogens is 338 g/mol. The highest BCUT2D eigenvalue weighted by Gasteiger charge is 2.33. The van der Waals surface area contributed by atoms with E-state index >= 15 is 0 Å². The number of fused-ring (bicyclic) bond motifs is 1. The Bertz CT molecular complexity index is 775. The number of hydrogen-bond acceptors (Lipinski definition) is 5. The molecule has 25 heavy (non-hydrogen) atoms. The van der Waals surface area contributed by atoms with Crippen LogP contribution < -0.4 is 20.5 Å². The van der Waals surface area contributed by atoms with Crippen molar-refractivity contribution in [3.63, 3.8) is 0 Å². The molecule has 1 aromatic heterocycles. The molecule has 0 fully saturated rings. The van der Waals surface area contributed by atoms with Gasteiger partial charge < -0.3 is 25.3 Å². The summed E-state index contributed by atoms with van der Waals surface area (Å²) in [4.78, 5) is 5.86. The highest BCUT2D eigenvalue weighted by Crippen LogP contribution is 2.36. The van der Waals surface area contributed by atoms with Crippen molar-refractivity contribution in [3.05, 3.63) is 40.1 Å². The average molecular weight is 361 g/mol. The highest BCUT2D eigenvalue weighted by molar-refractivity contribution is 7.10. The minimum Gasteiger partial charge on any atom is -0.497 e. The molecule has 134 valence electrons. The van der Waals surface area contributed by atoms with Crippen molar-refractivity contribution in [2.45, 2.75) is 18.9 Å². The maximum atomic E-state index is 6.08. The number of guanidine groups is 1. The van der Waals surface area contributed by atoms with Crippen LogP contribution in [0.2, 0.25) is 0 Å². The van der Waals surface area contributed by atoms with Gasteiger partial charge in [-0.1, -0.05) is 0 Å². The van der Waals surface area contributed by atoms with Crippen LogP contribution >= 0.6 is 11.3 Å². The smallest absolute Gasteiger partial charge is 0.193 e. The third kappa shape index (κ3) is 3.72. The topological polar surface area (TPSA) is 78.1 Å². The van der Waals surface area contributed by atoms with Gasteiger partial charge in [0, 0.05) is 17.4 Å². The van der Waals surface area contributed by atoms with Gasteiger partial charge in [0.2, 0.25) is 0 Å². The lowest BCUT2D eigenvalue weighted by Crippen LogP contribution is -2.36. The molecule has 0 spiro atoms. The lowest BCUT2D eigenvalue weighted by atomic mass is 9.93. The van der Waals surface area contributed by atoms with E-state index < -0.39 is 5.60 Å². The monoisotopic (exact) mass is 361 g/mol. The number of hydrogen-bond donors (Lipinski definition) is 2. The first-order valence-electron chi connectivity index (χ1n) is 8.05. The molecule has 3 rings (SSSR count). The number of rotatable bonds is 5. The summed E-state index contributed by atoms with van der Waals surface area (Å²) in [6.45, 7) is 3.21. The fraction of sp³-hybridized carbons (Fsp3) is 0.389. The Morgan fingerprint density at radius 3 is 2.96 bits per heavy atom. The summed E-state index contributed by atoms with van der Waals surface area (Å²) in [5, 5.41) is 5.18. The van der Waals surface area contributed by atoms with E-state index in [9.17, 15) is 0 Å². The average Bonchev–Trinajstić information content (AvgIpc) is 3.10. The first kappa shape index (κ1) is 17.6. The van der Waals surface area contributed by atoms with Crippen LogP contribution in [0.25, 0.3) is 0 Å². The summed E-state index contributed by atoms with van der Waals surface area (Å²) in [6.07, 6.45) is 0.959. The normalized spacial score (nSPS) is 20.0. The Morgan fingerprint density at radius 2 is 2.20 bits per heavy atom. The second-order valence-corrected chi connectivity index (χ2v) is 6.98. The number of nitrogens with zero attached hydrogens (tertiary/aromatic N) is 1. The van der Waals surface area contributed by atoms with Crippen LogP contribution in [0.15, 0.2) is 34.6 Å². The molecule has 0 saturated carbocycles. The standard InChI is InChI=1S/C18H23N3O3S/c1-18(13-7-9-25-16(13)6-8-24-18)11-20-17(19)21-14-10-12(22-2)4-5-15(14)23-3/h4-5,7,9-10H,6,8,11H2,1-3H3,(H3,19,20,21). The van der Waals surface area contributed by atoms with Gasteiger partial charge in [-0.05, 0) is 36.1 Å². The third-order valence-corrected chi connectivity index (χ3v) is 5.27. The molecule has 2 aromatic rings. The van der Waals surface area contributed by atoms with Crippen molar-refractivity contribution >= 4 is 23.0 Å². The van der Waals surface area contributed by atoms with Crippen molar-refractivity contribution in [1.82, 2.24) is 0 Å². The second-order valence-electron chi connectivity index (χ2n) is 5.98. The van der Waals surface area contributed by atoms with E-state index in [0.717, 1.165) is 6.42 Å². The minimum atomic E-state index is -0.446. The molecular formula is C18H23N3O3S. The van der Waals surface area contributed by atoms with Crippen LogP contribution in [0, 0.1) is 0 Å². The number of nitrogens with two attached hydrogens (primary N) is 1. The quantitative estimate of drug-likeness (QED) is 0.632. The van der Waals surface area contributed by atoms with Gasteiger partial charge in [-0.25, -0.2) is 4.99 Å². The van der Waals surface area contributed by atoms with Crippen molar-refractivity contribution in [1.29, 1.82) is 0 Å². The maximum Gasteiger partial charge on any atom is 0.193 e. The lowest BCUT2D eigenvalue weighted by molar-refractivity contribution is -0.0374. The SMILES string of the molecule is COc1ccc(OC)c(NC(N)=NCC2(C)OCCc3sccc32)c1. The zero-order valence-corrected chi connectivity index (χ0v) is 15.5. The number of benzene rings is 1. The molecule has 2 heterocycles. The molecule has 1 aliphatic heterocycles. The van der Waals surface area contributed by atoms with Gasteiger partial charge in [0.1, 0.15) is 17.1 Å². The number of aliphatic imine (C=N–C) groups is 1. The van der Waals surface area contributed by atoms with Crippen LogP contribution in [0.1, 0.15) is 17.4 Å². The third-order valence-electron chi connectivity index (χ3n) is 4.29. The molecule has 7 heteroatoms. The van der Waals surface area contributed by atoms with E-state index in [1.54, 1.807) is 25.6 Å². The molecule has 3 N–H and O–H groups in total. The van der Waals surface area contributed by atoms with Crippen molar-refractivity contribution in [2.24, 2.45) is 10.7 Å². The molecule has 1 aliphatic rings. The van der Waals surface area contributed by atoms with Crippen molar-refractivity contribution < 1.29 is 14.2 Å². The number of ether oxygens (including phenoxy) is 3. The predicted molar refractivity (Wildman–Crippen MR) is 101 cm³/mol. The number of thiophene rings is 1. The zero-order chi connectivity index (χ0) is 17.9. The molecule has 1 aromatic carbocycles. The minimum absolute atomic E-state index is 0.304. The largest absolute Gasteiger partial charge is 0.497 e. The maximum absolute atomic E-state index is 6.08. The molecule has 0 amide bonds. The fourth-order valence-electron chi connectivity index (χ4n) is 2.91. The molecule has 1 unspecified atom stereocenters. The van der Waals surface area contributed by atoms with Gasteiger partial charge in [0.25, 0.3) is 0 Å². The number of nitrogens with one attached hydrogen (secondary N) is 1. The molecule has 0 aliphatic carbocycles. The van der Waals surface area contributed by atoms with E-state index in [-0.39, 0.29) is 0 Å². The predicted octanol–water partition coefficient (Wildman–Crippen LogP) is 2.98. The van der Waals surface area contributed by atoms with Gasteiger partial charge in [0.05, 0.1) is 33.1 Å². The Kier molecular flexibility index (Phi) is 5.15. The summed E-state index contributed by atoms with van der Waals surface area (Å²) in [6, 6.07) is 7.57. The van der Waals surface area contributed by atoms with E-state index in [2.05, 4.69) is 28.7 Å². The first-order chi connectivity index (χ1) is 12.1. The molecule has 0 radical (unpaired) electrons. The summed E-state index contributed by atoms with van der Waals surface area (Å²) < 4.78 is 16.6. The van der Waals surface area contributed by atoms with Crippen LogP contribution in [-0.4, -0.2) is 33.3 Å². The van der Waals surface area contributed by atoms with Crippen LogP contribution in [0.3, 0.4) is 0 Å². The van der Waals surface area contributed by atoms with Crippen LogP contribution in [0.4, 0.5) is 5.69 Å². The van der Waals surface area contributed by atoms with Crippen molar-refractivity contribution in [2.75, 3.05) is 32.7 Å². The summed E-state index contributed by atoms with van der Waals surface area (Å²) >= 11 is 1.77. The van der Waals surface area contributed by atoms with Crippen molar-refractivity contribution in [3.8, 4) is 11.5 Å². The van der Waals surface area contributed by atoms with Gasteiger partial charge in [-0.15, -0.1) is 11.3 Å². The highest BCUT2D eigenvalue weighted by atomic mass is 32.1. The molecule has 0 bridgehead atoms. The van der Waals surface area contributed by atoms with E-state index in [0.29, 0.717) is 36.3 Å². The van der Waals surface area contributed by atoms with Crippen LogP contribution in [-0.2, 0) is 16.8 Å². The summed E-state index contributed by atoms with van der Waals surface area (Å²) in [5.74, 6) is 1.68. The van der Waals surface area contributed by atoms with Gasteiger partial charge in [0.15, 0.2) is 5.96 Å². The number of anilines is 1.